The van der Waals surface area contributed by atoms with E-state index in [1.807, 2.05) is 18.2 Å². The third-order valence-electron chi connectivity index (χ3n) is 2.97. The molecule has 0 bridgehead atoms. The Bertz CT molecular complexity index is 610. The third-order valence-corrected chi connectivity index (χ3v) is 3.92. The summed E-state index contributed by atoms with van der Waals surface area (Å²) in [6, 6.07) is 11.6. The van der Waals surface area contributed by atoms with Crippen LogP contribution in [-0.2, 0) is 4.79 Å². The molecule has 1 unspecified atom stereocenters. The minimum Gasteiger partial charge on any atom is -0.386 e. The fourth-order valence-electron chi connectivity index (χ4n) is 1.83. The lowest BCUT2D eigenvalue weighted by Crippen LogP contribution is -2.28. The van der Waals surface area contributed by atoms with Gasteiger partial charge in [0.15, 0.2) is 0 Å². The molecule has 116 valence electrons. The number of nitrogens with one attached hydrogen (secondary N) is 1. The number of carbonyl (C=O) groups is 1. The van der Waals surface area contributed by atoms with Gasteiger partial charge >= 0.3 is 0 Å². The van der Waals surface area contributed by atoms with Gasteiger partial charge < -0.3 is 10.4 Å². The molecule has 1 amide bonds. The highest BCUT2D eigenvalue weighted by Crippen LogP contribution is 2.16. The zero-order valence-corrected chi connectivity index (χ0v) is 12.7. The van der Waals surface area contributed by atoms with Crippen molar-refractivity contribution < 1.29 is 14.3 Å². The zero-order valence-electron chi connectivity index (χ0n) is 11.9. The van der Waals surface area contributed by atoms with E-state index in [1.165, 1.54) is 23.9 Å². The van der Waals surface area contributed by atoms with Gasteiger partial charge in [0, 0.05) is 30.5 Å². The second-order valence-electron chi connectivity index (χ2n) is 4.61. The van der Waals surface area contributed by atoms with Crippen molar-refractivity contribution in [3.63, 3.8) is 0 Å². The average molecular weight is 320 g/mol. The molecular weight excluding hydrogens is 303 g/mol. The predicted octanol–water partition coefficient (Wildman–Crippen LogP) is 2.55. The molecule has 0 saturated carbocycles. The molecule has 0 aliphatic carbocycles. The van der Waals surface area contributed by atoms with Gasteiger partial charge in [0.1, 0.15) is 5.82 Å². The molecule has 1 heterocycles. The molecule has 0 aliphatic heterocycles. The first-order chi connectivity index (χ1) is 10.7. The summed E-state index contributed by atoms with van der Waals surface area (Å²) >= 11 is 1.49. The van der Waals surface area contributed by atoms with Crippen LogP contribution in [0.3, 0.4) is 0 Å². The number of hydrogen-bond acceptors (Lipinski definition) is 4. The van der Waals surface area contributed by atoms with Gasteiger partial charge in [-0.15, -0.1) is 11.8 Å². The number of halogens is 1. The maximum absolute atomic E-state index is 13.5. The Kier molecular flexibility index (Phi) is 6.36. The summed E-state index contributed by atoms with van der Waals surface area (Å²) in [5, 5.41) is 13.4. The number of hydrogen-bond donors (Lipinski definition) is 2. The summed E-state index contributed by atoms with van der Waals surface area (Å²) < 4.78 is 13.5. The minimum atomic E-state index is -1.05. The van der Waals surface area contributed by atoms with Crippen molar-refractivity contribution in [2.24, 2.45) is 0 Å². The van der Waals surface area contributed by atoms with Crippen LogP contribution >= 0.6 is 11.8 Å². The molecule has 2 aromatic rings. The Morgan fingerprint density at radius 3 is 2.77 bits per heavy atom. The SMILES string of the molecule is O=C(CCSc1ccccn1)NCC(O)c1ccccc1F. The molecule has 1 aromatic heterocycles. The number of benzene rings is 1. The topological polar surface area (TPSA) is 62.2 Å². The molecule has 1 aromatic carbocycles. The van der Waals surface area contributed by atoms with Crippen molar-refractivity contribution in [1.82, 2.24) is 10.3 Å². The quantitative estimate of drug-likeness (QED) is 0.770. The van der Waals surface area contributed by atoms with Crippen molar-refractivity contribution in [3.05, 3.63) is 60.0 Å². The van der Waals surface area contributed by atoms with Crippen molar-refractivity contribution >= 4 is 17.7 Å². The zero-order chi connectivity index (χ0) is 15.8. The molecule has 4 nitrogen and oxygen atoms in total. The summed E-state index contributed by atoms with van der Waals surface area (Å²) in [6.45, 7) is -0.00593. The minimum absolute atomic E-state index is 0.00593. The Labute approximate surface area is 132 Å². The highest BCUT2D eigenvalue weighted by atomic mass is 32.2. The first-order valence-electron chi connectivity index (χ1n) is 6.90. The summed E-state index contributed by atoms with van der Waals surface area (Å²) in [6.07, 6.45) is 0.965. The number of pyridine rings is 1. The molecule has 2 N–H and O–H groups in total. The molecule has 22 heavy (non-hydrogen) atoms. The average Bonchev–Trinajstić information content (AvgIpc) is 2.54. The second kappa shape index (κ2) is 8.51. The van der Waals surface area contributed by atoms with Crippen LogP contribution < -0.4 is 5.32 Å². The van der Waals surface area contributed by atoms with Crippen molar-refractivity contribution in [2.75, 3.05) is 12.3 Å². The molecule has 1 atom stereocenters. The van der Waals surface area contributed by atoms with E-state index < -0.39 is 11.9 Å². The van der Waals surface area contributed by atoms with Crippen LogP contribution in [0, 0.1) is 5.82 Å². The Morgan fingerprint density at radius 2 is 2.05 bits per heavy atom. The third kappa shape index (κ3) is 5.13. The lowest BCUT2D eigenvalue weighted by atomic mass is 10.1. The number of rotatable bonds is 7. The number of aromatic nitrogens is 1. The van der Waals surface area contributed by atoms with Gasteiger partial charge in [-0.05, 0) is 18.2 Å². The Morgan fingerprint density at radius 1 is 1.27 bits per heavy atom. The van der Waals surface area contributed by atoms with Crippen LogP contribution in [0.2, 0.25) is 0 Å². The van der Waals surface area contributed by atoms with Gasteiger partial charge in [-0.25, -0.2) is 9.37 Å². The van der Waals surface area contributed by atoms with E-state index in [9.17, 15) is 14.3 Å². The lowest BCUT2D eigenvalue weighted by Gasteiger charge is -2.12. The number of aliphatic hydroxyl groups excluding tert-OH is 1. The molecule has 2 rings (SSSR count). The van der Waals surface area contributed by atoms with E-state index in [2.05, 4.69) is 10.3 Å². The van der Waals surface area contributed by atoms with Gasteiger partial charge in [-0.2, -0.15) is 0 Å². The Hall–Kier alpha value is -1.92. The van der Waals surface area contributed by atoms with Crippen molar-refractivity contribution in [3.8, 4) is 0 Å². The predicted molar refractivity (Wildman–Crippen MR) is 83.9 cm³/mol. The Balaban J connectivity index is 1.70. The van der Waals surface area contributed by atoms with E-state index in [0.29, 0.717) is 12.2 Å². The molecule has 0 fully saturated rings. The number of amides is 1. The highest BCUT2D eigenvalue weighted by molar-refractivity contribution is 7.99. The molecule has 6 heteroatoms. The van der Waals surface area contributed by atoms with Crippen LogP contribution in [0.1, 0.15) is 18.1 Å². The standard InChI is InChI=1S/C16H17FN2O2S/c17-13-6-2-1-5-12(13)14(20)11-19-15(21)8-10-22-16-7-3-4-9-18-16/h1-7,9,14,20H,8,10-11H2,(H,19,21). The van der Waals surface area contributed by atoms with Crippen molar-refractivity contribution in [1.29, 1.82) is 0 Å². The fourth-order valence-corrected chi connectivity index (χ4v) is 2.64. The fraction of sp³-hybridized carbons (Fsp3) is 0.250. The van der Waals surface area contributed by atoms with Gasteiger partial charge in [-0.3, -0.25) is 4.79 Å². The maximum atomic E-state index is 13.5. The van der Waals surface area contributed by atoms with Gasteiger partial charge in [0.25, 0.3) is 0 Å². The van der Waals surface area contributed by atoms with E-state index >= 15 is 0 Å². The summed E-state index contributed by atoms with van der Waals surface area (Å²) in [7, 11) is 0. The summed E-state index contributed by atoms with van der Waals surface area (Å²) in [4.78, 5) is 15.9. The van der Waals surface area contributed by atoms with Crippen LogP contribution in [0.25, 0.3) is 0 Å². The molecule has 0 saturated heterocycles. The summed E-state index contributed by atoms with van der Waals surface area (Å²) in [5.74, 6) is -0.0627. The maximum Gasteiger partial charge on any atom is 0.220 e. The first kappa shape index (κ1) is 16.5. The number of thioether (sulfide) groups is 1. The largest absolute Gasteiger partial charge is 0.386 e. The second-order valence-corrected chi connectivity index (χ2v) is 5.72. The van der Waals surface area contributed by atoms with Crippen molar-refractivity contribution in [2.45, 2.75) is 17.6 Å². The van der Waals surface area contributed by atoms with Crippen LogP contribution in [-0.4, -0.2) is 28.3 Å². The normalized spacial score (nSPS) is 11.9. The summed E-state index contributed by atoms with van der Waals surface area (Å²) in [5.41, 5.74) is 0.186. The van der Waals surface area contributed by atoms with E-state index in [-0.39, 0.29) is 18.0 Å². The highest BCUT2D eigenvalue weighted by Gasteiger charge is 2.13. The van der Waals surface area contributed by atoms with E-state index in [4.69, 9.17) is 0 Å². The first-order valence-corrected chi connectivity index (χ1v) is 7.88. The van der Waals surface area contributed by atoms with Gasteiger partial charge in [0.2, 0.25) is 5.91 Å². The van der Waals surface area contributed by atoms with E-state index in [1.54, 1.807) is 18.3 Å². The van der Waals surface area contributed by atoms with Crippen LogP contribution in [0.15, 0.2) is 53.7 Å². The monoisotopic (exact) mass is 320 g/mol. The molecule has 0 aliphatic rings. The number of carbonyl (C=O) groups excluding carboxylic acids is 1. The number of nitrogens with zero attached hydrogens (tertiary/aromatic N) is 1. The molecule has 0 radical (unpaired) electrons. The van der Waals surface area contributed by atoms with E-state index in [0.717, 1.165) is 5.03 Å². The van der Waals surface area contributed by atoms with Gasteiger partial charge in [0.05, 0.1) is 11.1 Å². The lowest BCUT2D eigenvalue weighted by molar-refractivity contribution is -0.121. The number of aliphatic hydroxyl groups is 1. The van der Waals surface area contributed by atoms with Crippen LogP contribution in [0.4, 0.5) is 4.39 Å². The smallest absolute Gasteiger partial charge is 0.220 e. The van der Waals surface area contributed by atoms with Gasteiger partial charge in [-0.1, -0.05) is 24.3 Å². The molecular formula is C16H17FN2O2S. The molecule has 0 spiro atoms. The van der Waals surface area contributed by atoms with Crippen LogP contribution in [0.5, 0.6) is 0 Å².